The van der Waals surface area contributed by atoms with Gasteiger partial charge in [-0.25, -0.2) is 9.07 Å². The zero-order valence-corrected chi connectivity index (χ0v) is 11.3. The molecule has 0 spiro atoms. The first-order valence-electron chi connectivity index (χ1n) is 5.80. The smallest absolute Gasteiger partial charge is 0.309 e. The molecule has 1 heterocycles. The molecule has 0 aliphatic carbocycles. The number of hydrogen-bond donors (Lipinski definition) is 2. The summed E-state index contributed by atoms with van der Waals surface area (Å²) >= 11 is 5.60. The van der Waals surface area contributed by atoms with E-state index < -0.39 is 17.7 Å². The van der Waals surface area contributed by atoms with E-state index in [0.29, 0.717) is 5.69 Å². The molecule has 2 rings (SSSR count). The number of aromatic nitrogens is 3. The fourth-order valence-corrected chi connectivity index (χ4v) is 1.75. The molecule has 7 nitrogen and oxygen atoms in total. The standard InChI is InChI=1S/C12H10ClFN4O3/c13-9-3-7(1-2-10(9)14)15-11(19)6-18-5-8(16-17-18)4-12(20)21/h1-3,5H,4,6H2,(H,15,19)(H,20,21). The van der Waals surface area contributed by atoms with Gasteiger partial charge in [0.2, 0.25) is 5.91 Å². The van der Waals surface area contributed by atoms with Gasteiger partial charge in [0.05, 0.1) is 17.1 Å². The van der Waals surface area contributed by atoms with Gasteiger partial charge in [0.15, 0.2) is 0 Å². The average Bonchev–Trinajstić information content (AvgIpc) is 2.80. The third kappa shape index (κ3) is 4.25. The number of carboxylic acid groups (broad SMARTS) is 1. The summed E-state index contributed by atoms with van der Waals surface area (Å²) in [4.78, 5) is 22.3. The van der Waals surface area contributed by atoms with Crippen LogP contribution in [0.15, 0.2) is 24.4 Å². The van der Waals surface area contributed by atoms with Crippen molar-refractivity contribution in [1.82, 2.24) is 15.0 Å². The maximum absolute atomic E-state index is 13.0. The molecule has 1 aromatic carbocycles. The first-order valence-corrected chi connectivity index (χ1v) is 6.17. The van der Waals surface area contributed by atoms with Crippen LogP contribution < -0.4 is 5.32 Å². The van der Waals surface area contributed by atoms with Crippen molar-refractivity contribution < 1.29 is 19.1 Å². The van der Waals surface area contributed by atoms with Crippen molar-refractivity contribution in [3.63, 3.8) is 0 Å². The van der Waals surface area contributed by atoms with Crippen molar-refractivity contribution in [3.8, 4) is 0 Å². The minimum Gasteiger partial charge on any atom is -0.481 e. The Bertz CT molecular complexity index is 689. The summed E-state index contributed by atoms with van der Waals surface area (Å²) < 4.78 is 14.2. The van der Waals surface area contributed by atoms with Crippen LogP contribution >= 0.6 is 11.6 Å². The van der Waals surface area contributed by atoms with Crippen LogP contribution in [0.25, 0.3) is 0 Å². The van der Waals surface area contributed by atoms with Crippen LogP contribution in [0, 0.1) is 5.82 Å². The maximum Gasteiger partial charge on any atom is 0.309 e. The van der Waals surface area contributed by atoms with E-state index in [4.69, 9.17) is 16.7 Å². The molecule has 21 heavy (non-hydrogen) atoms. The Morgan fingerprint density at radius 1 is 1.43 bits per heavy atom. The molecule has 1 aromatic heterocycles. The molecular weight excluding hydrogens is 303 g/mol. The number of benzene rings is 1. The predicted octanol–water partition coefficient (Wildman–Crippen LogP) is 1.34. The van der Waals surface area contributed by atoms with Gasteiger partial charge in [-0.2, -0.15) is 0 Å². The fraction of sp³-hybridized carbons (Fsp3) is 0.167. The zero-order valence-electron chi connectivity index (χ0n) is 10.6. The van der Waals surface area contributed by atoms with Gasteiger partial charge in [-0.15, -0.1) is 5.10 Å². The van der Waals surface area contributed by atoms with E-state index in [-0.39, 0.29) is 23.7 Å². The molecule has 2 aromatic rings. The zero-order chi connectivity index (χ0) is 15.4. The maximum atomic E-state index is 13.0. The summed E-state index contributed by atoms with van der Waals surface area (Å²) in [7, 11) is 0. The number of rotatable bonds is 5. The molecule has 0 unspecified atom stereocenters. The number of halogens is 2. The van der Waals surface area contributed by atoms with Crippen molar-refractivity contribution >= 4 is 29.2 Å². The number of carbonyl (C=O) groups is 2. The third-order valence-corrected chi connectivity index (χ3v) is 2.72. The van der Waals surface area contributed by atoms with Crippen molar-refractivity contribution in [3.05, 3.63) is 40.9 Å². The lowest BCUT2D eigenvalue weighted by Gasteiger charge is -2.05. The second-order valence-corrected chi connectivity index (χ2v) is 4.56. The second-order valence-electron chi connectivity index (χ2n) is 4.16. The highest BCUT2D eigenvalue weighted by molar-refractivity contribution is 6.31. The monoisotopic (exact) mass is 312 g/mol. The number of amides is 1. The van der Waals surface area contributed by atoms with Crippen LogP contribution in [0.3, 0.4) is 0 Å². The topological polar surface area (TPSA) is 97.1 Å². The summed E-state index contributed by atoms with van der Waals surface area (Å²) in [6.45, 7) is -0.151. The SMILES string of the molecule is O=C(O)Cc1cn(CC(=O)Nc2ccc(F)c(Cl)c2)nn1. The number of aliphatic carboxylic acids is 1. The number of hydrogen-bond acceptors (Lipinski definition) is 4. The second kappa shape index (κ2) is 6.31. The molecule has 2 N–H and O–H groups in total. The molecule has 1 amide bonds. The molecule has 0 saturated heterocycles. The van der Waals surface area contributed by atoms with E-state index >= 15 is 0 Å². The van der Waals surface area contributed by atoms with Gasteiger partial charge in [-0.05, 0) is 18.2 Å². The van der Waals surface area contributed by atoms with Crippen molar-refractivity contribution in [1.29, 1.82) is 0 Å². The Kier molecular flexibility index (Phi) is 4.49. The van der Waals surface area contributed by atoms with E-state index in [1.165, 1.54) is 23.0 Å². The lowest BCUT2D eigenvalue weighted by molar-refractivity contribution is -0.136. The van der Waals surface area contributed by atoms with Crippen LogP contribution in [0.1, 0.15) is 5.69 Å². The predicted molar refractivity (Wildman–Crippen MR) is 71.4 cm³/mol. The van der Waals surface area contributed by atoms with Crippen molar-refractivity contribution in [2.45, 2.75) is 13.0 Å². The molecule has 0 fully saturated rings. The number of anilines is 1. The summed E-state index contributed by atoms with van der Waals surface area (Å²) in [5.41, 5.74) is 0.595. The van der Waals surface area contributed by atoms with E-state index in [1.807, 2.05) is 0 Å². The molecule has 110 valence electrons. The van der Waals surface area contributed by atoms with E-state index in [9.17, 15) is 14.0 Å². The Hall–Kier alpha value is -2.48. The minimum absolute atomic E-state index is 0.0997. The van der Waals surface area contributed by atoms with Gasteiger partial charge in [0, 0.05) is 11.9 Å². The molecule has 0 aliphatic heterocycles. The Morgan fingerprint density at radius 3 is 2.86 bits per heavy atom. The van der Waals surface area contributed by atoms with Crippen LogP contribution in [0.5, 0.6) is 0 Å². The van der Waals surface area contributed by atoms with Gasteiger partial charge in [0.25, 0.3) is 0 Å². The van der Waals surface area contributed by atoms with E-state index in [2.05, 4.69) is 15.6 Å². The van der Waals surface area contributed by atoms with Gasteiger partial charge >= 0.3 is 5.97 Å². The van der Waals surface area contributed by atoms with Gasteiger partial charge < -0.3 is 10.4 Å². The summed E-state index contributed by atoms with van der Waals surface area (Å²) in [5.74, 6) is -2.04. The molecule has 0 radical (unpaired) electrons. The van der Waals surface area contributed by atoms with Gasteiger partial charge in [0.1, 0.15) is 12.4 Å². The van der Waals surface area contributed by atoms with Crippen LogP contribution in [-0.4, -0.2) is 32.0 Å². The number of carbonyl (C=O) groups excluding carboxylic acids is 1. The Labute approximate surface area is 123 Å². The molecule has 0 saturated carbocycles. The highest BCUT2D eigenvalue weighted by Crippen LogP contribution is 2.19. The minimum atomic E-state index is -1.03. The molecule has 0 bridgehead atoms. The quantitative estimate of drug-likeness (QED) is 0.868. The Balaban J connectivity index is 1.96. The summed E-state index contributed by atoms with van der Waals surface area (Å²) in [6.07, 6.45) is 1.10. The molecule has 0 aliphatic rings. The van der Waals surface area contributed by atoms with E-state index in [1.54, 1.807) is 0 Å². The van der Waals surface area contributed by atoms with Gasteiger partial charge in [-0.1, -0.05) is 16.8 Å². The van der Waals surface area contributed by atoms with Crippen molar-refractivity contribution in [2.75, 3.05) is 5.32 Å². The third-order valence-electron chi connectivity index (χ3n) is 2.43. The largest absolute Gasteiger partial charge is 0.481 e. The van der Waals surface area contributed by atoms with Gasteiger partial charge in [-0.3, -0.25) is 9.59 Å². The van der Waals surface area contributed by atoms with Crippen molar-refractivity contribution in [2.24, 2.45) is 0 Å². The first-order chi connectivity index (χ1) is 9.94. The summed E-state index contributed by atoms with van der Waals surface area (Å²) in [6, 6.07) is 3.79. The Morgan fingerprint density at radius 2 is 2.19 bits per heavy atom. The summed E-state index contributed by atoms with van der Waals surface area (Å²) in [5, 5.41) is 18.3. The van der Waals surface area contributed by atoms with Crippen LogP contribution in [0.4, 0.5) is 10.1 Å². The van der Waals surface area contributed by atoms with E-state index in [0.717, 1.165) is 6.07 Å². The number of nitrogens with zero attached hydrogens (tertiary/aromatic N) is 3. The highest BCUT2D eigenvalue weighted by Gasteiger charge is 2.09. The lowest BCUT2D eigenvalue weighted by Crippen LogP contribution is -2.19. The molecular formula is C12H10ClFN4O3. The molecule has 0 atom stereocenters. The molecule has 9 heteroatoms. The van der Waals surface area contributed by atoms with Crippen LogP contribution in [-0.2, 0) is 22.6 Å². The number of nitrogens with one attached hydrogen (secondary N) is 1. The fourth-order valence-electron chi connectivity index (χ4n) is 1.57. The first kappa shape index (κ1) is 14.9. The lowest BCUT2D eigenvalue weighted by atomic mass is 10.3. The highest BCUT2D eigenvalue weighted by atomic mass is 35.5. The normalized spacial score (nSPS) is 10.4. The number of carboxylic acids is 1. The van der Waals surface area contributed by atoms with Crippen LogP contribution in [0.2, 0.25) is 5.02 Å². The average molecular weight is 313 g/mol.